The number of hydrogen-bond acceptors (Lipinski definition) is 7. The molecule has 3 aromatic rings. The number of piperidine rings is 1. The molecular formula is C23H26N4O3S. The fourth-order valence-corrected chi connectivity index (χ4v) is 4.47. The Morgan fingerprint density at radius 2 is 2.10 bits per heavy atom. The van der Waals surface area contributed by atoms with Crippen molar-refractivity contribution in [2.45, 2.75) is 19.8 Å². The number of methoxy groups -OCH3 is 2. The van der Waals surface area contributed by atoms with Crippen molar-refractivity contribution in [2.75, 3.05) is 37.5 Å². The summed E-state index contributed by atoms with van der Waals surface area (Å²) in [6.07, 6.45) is 4.08. The smallest absolute Gasteiger partial charge is 0.257 e. The minimum atomic E-state index is -0.202. The molecule has 4 rings (SSSR count). The number of hydrogen-bond donors (Lipinski definition) is 1. The highest BCUT2D eigenvalue weighted by Gasteiger charge is 2.19. The van der Waals surface area contributed by atoms with Gasteiger partial charge in [0.05, 0.1) is 19.9 Å². The second-order valence-corrected chi connectivity index (χ2v) is 8.51. The monoisotopic (exact) mass is 438 g/mol. The number of nitrogens with one attached hydrogen (secondary N) is 1. The summed E-state index contributed by atoms with van der Waals surface area (Å²) < 4.78 is 10.8. The molecule has 1 amide bonds. The molecule has 1 unspecified atom stereocenters. The van der Waals surface area contributed by atoms with E-state index < -0.39 is 0 Å². The van der Waals surface area contributed by atoms with Crippen LogP contribution in [0.25, 0.3) is 11.3 Å². The van der Waals surface area contributed by atoms with Crippen LogP contribution in [0, 0.1) is 5.92 Å². The number of amides is 1. The molecule has 3 heterocycles. The van der Waals surface area contributed by atoms with Gasteiger partial charge in [-0.3, -0.25) is 10.1 Å². The van der Waals surface area contributed by atoms with E-state index in [4.69, 9.17) is 9.47 Å². The van der Waals surface area contributed by atoms with Gasteiger partial charge in [0.2, 0.25) is 0 Å². The first-order valence-corrected chi connectivity index (χ1v) is 11.2. The molecule has 8 heteroatoms. The highest BCUT2D eigenvalue weighted by molar-refractivity contribution is 7.14. The standard InChI is InChI=1S/C23H26N4O3S/c1-15-5-4-10-27(13-15)21-11-16(8-9-24-21)22(28)26-23-25-19(14-31-23)18-12-17(29-2)6-7-20(18)30-3/h6-9,11-12,14-15H,4-5,10,13H2,1-3H3,(H,25,26,28). The van der Waals surface area contributed by atoms with Crippen molar-refractivity contribution in [1.82, 2.24) is 9.97 Å². The average molecular weight is 439 g/mol. The predicted octanol–water partition coefficient (Wildman–Crippen LogP) is 4.71. The average Bonchev–Trinajstić information content (AvgIpc) is 3.27. The summed E-state index contributed by atoms with van der Waals surface area (Å²) in [6.45, 7) is 4.19. The first kappa shape index (κ1) is 21.1. The Morgan fingerprint density at radius 3 is 2.87 bits per heavy atom. The molecule has 1 aliphatic rings. The third-order valence-electron chi connectivity index (χ3n) is 5.40. The van der Waals surface area contributed by atoms with Gasteiger partial charge in [-0.05, 0) is 49.1 Å². The summed E-state index contributed by atoms with van der Waals surface area (Å²) in [5.41, 5.74) is 2.09. The van der Waals surface area contributed by atoms with Crippen molar-refractivity contribution in [3.8, 4) is 22.8 Å². The maximum Gasteiger partial charge on any atom is 0.257 e. The summed E-state index contributed by atoms with van der Waals surface area (Å²) in [7, 11) is 3.23. The van der Waals surface area contributed by atoms with Crippen molar-refractivity contribution in [3.63, 3.8) is 0 Å². The van der Waals surface area contributed by atoms with Crippen LogP contribution >= 0.6 is 11.3 Å². The molecular weight excluding hydrogens is 412 g/mol. The van der Waals surface area contributed by atoms with Gasteiger partial charge in [-0.1, -0.05) is 6.92 Å². The maximum absolute atomic E-state index is 12.8. The van der Waals surface area contributed by atoms with Crippen molar-refractivity contribution < 1.29 is 14.3 Å². The van der Waals surface area contributed by atoms with Gasteiger partial charge in [0, 0.05) is 35.8 Å². The van der Waals surface area contributed by atoms with Gasteiger partial charge in [0.25, 0.3) is 5.91 Å². The molecule has 0 spiro atoms. The van der Waals surface area contributed by atoms with Gasteiger partial charge < -0.3 is 14.4 Å². The second kappa shape index (κ2) is 9.34. The zero-order valence-corrected chi connectivity index (χ0v) is 18.7. The lowest BCUT2D eigenvalue weighted by Gasteiger charge is -2.31. The summed E-state index contributed by atoms with van der Waals surface area (Å²) in [4.78, 5) is 24.1. The van der Waals surface area contributed by atoms with Crippen LogP contribution in [0.2, 0.25) is 0 Å². The minimum Gasteiger partial charge on any atom is -0.497 e. The molecule has 1 atom stereocenters. The molecule has 0 bridgehead atoms. The Hall–Kier alpha value is -3.13. The second-order valence-electron chi connectivity index (χ2n) is 7.65. The third kappa shape index (κ3) is 4.80. The molecule has 0 saturated carbocycles. The molecule has 1 N–H and O–H groups in total. The van der Waals surface area contributed by atoms with E-state index in [1.807, 2.05) is 29.6 Å². The lowest BCUT2D eigenvalue weighted by Crippen LogP contribution is -2.34. The zero-order valence-electron chi connectivity index (χ0n) is 17.9. The molecule has 0 radical (unpaired) electrons. The summed E-state index contributed by atoms with van der Waals surface area (Å²) in [5.74, 6) is 2.69. The number of aromatic nitrogens is 2. The molecule has 162 valence electrons. The number of rotatable bonds is 6. The van der Waals surface area contributed by atoms with Gasteiger partial charge in [-0.2, -0.15) is 0 Å². The van der Waals surface area contributed by atoms with Crippen LogP contribution in [0.5, 0.6) is 11.5 Å². The lowest BCUT2D eigenvalue weighted by atomic mass is 10.0. The number of ether oxygens (including phenoxy) is 2. The van der Waals surface area contributed by atoms with Crippen LogP contribution in [0.15, 0.2) is 41.9 Å². The fraction of sp³-hybridized carbons (Fsp3) is 0.348. The van der Waals surface area contributed by atoms with E-state index in [9.17, 15) is 4.79 Å². The Kier molecular flexibility index (Phi) is 6.36. The van der Waals surface area contributed by atoms with Crippen LogP contribution in [0.4, 0.5) is 10.9 Å². The van der Waals surface area contributed by atoms with Gasteiger partial charge in [0.1, 0.15) is 17.3 Å². The van der Waals surface area contributed by atoms with E-state index in [1.54, 1.807) is 26.5 Å². The fourth-order valence-electron chi connectivity index (χ4n) is 3.77. The molecule has 7 nitrogen and oxygen atoms in total. The van der Waals surface area contributed by atoms with E-state index in [0.29, 0.717) is 33.8 Å². The van der Waals surface area contributed by atoms with Gasteiger partial charge >= 0.3 is 0 Å². The number of nitrogens with zero attached hydrogens (tertiary/aromatic N) is 3. The first-order chi connectivity index (χ1) is 15.1. The Morgan fingerprint density at radius 1 is 1.23 bits per heavy atom. The summed E-state index contributed by atoms with van der Waals surface area (Å²) >= 11 is 1.37. The van der Waals surface area contributed by atoms with Gasteiger partial charge in [-0.15, -0.1) is 11.3 Å². The predicted molar refractivity (Wildman–Crippen MR) is 123 cm³/mol. The largest absolute Gasteiger partial charge is 0.497 e. The van der Waals surface area contributed by atoms with E-state index in [0.717, 1.165) is 30.9 Å². The van der Waals surface area contributed by atoms with Crippen molar-refractivity contribution in [1.29, 1.82) is 0 Å². The van der Waals surface area contributed by atoms with Crippen molar-refractivity contribution >= 4 is 28.2 Å². The molecule has 1 aliphatic heterocycles. The Labute approximate surface area is 186 Å². The topological polar surface area (TPSA) is 76.6 Å². The summed E-state index contributed by atoms with van der Waals surface area (Å²) in [6, 6.07) is 9.13. The van der Waals surface area contributed by atoms with Crippen LogP contribution in [0.1, 0.15) is 30.1 Å². The number of benzene rings is 1. The number of thiazole rings is 1. The Balaban J connectivity index is 1.51. The number of carbonyl (C=O) groups excluding carboxylic acids is 1. The van der Waals surface area contributed by atoms with Crippen LogP contribution < -0.4 is 19.7 Å². The van der Waals surface area contributed by atoms with Crippen molar-refractivity contribution in [2.24, 2.45) is 5.92 Å². The van der Waals surface area contributed by atoms with Crippen molar-refractivity contribution in [3.05, 3.63) is 47.5 Å². The molecule has 2 aromatic heterocycles. The van der Waals surface area contributed by atoms with E-state index >= 15 is 0 Å². The Bertz CT molecular complexity index is 1070. The van der Waals surface area contributed by atoms with E-state index in [1.165, 1.54) is 17.8 Å². The number of anilines is 2. The molecule has 0 aliphatic carbocycles. The number of pyridine rings is 1. The first-order valence-electron chi connectivity index (χ1n) is 10.3. The zero-order chi connectivity index (χ0) is 21.8. The minimum absolute atomic E-state index is 0.202. The van der Waals surface area contributed by atoms with Gasteiger partial charge in [-0.25, -0.2) is 9.97 Å². The number of carbonyl (C=O) groups is 1. The quantitative estimate of drug-likeness (QED) is 0.601. The molecule has 1 fully saturated rings. The highest BCUT2D eigenvalue weighted by atomic mass is 32.1. The van der Waals surface area contributed by atoms with Crippen LogP contribution in [-0.2, 0) is 0 Å². The molecule has 31 heavy (non-hydrogen) atoms. The van der Waals surface area contributed by atoms with Gasteiger partial charge in [0.15, 0.2) is 5.13 Å². The van der Waals surface area contributed by atoms with E-state index in [2.05, 4.69) is 27.1 Å². The van der Waals surface area contributed by atoms with E-state index in [-0.39, 0.29) is 5.91 Å². The summed E-state index contributed by atoms with van der Waals surface area (Å²) in [5, 5.41) is 5.32. The lowest BCUT2D eigenvalue weighted by molar-refractivity contribution is 0.102. The van der Waals surface area contributed by atoms with Crippen LogP contribution in [0.3, 0.4) is 0 Å². The molecule has 1 saturated heterocycles. The SMILES string of the molecule is COc1ccc(OC)c(-c2csc(NC(=O)c3ccnc(N4CCCC(C)C4)c3)n2)c1. The highest BCUT2D eigenvalue weighted by Crippen LogP contribution is 2.35. The normalized spacial score (nSPS) is 16.1. The third-order valence-corrected chi connectivity index (χ3v) is 6.15. The van der Waals surface area contributed by atoms with Crippen LogP contribution in [-0.4, -0.2) is 43.2 Å². The molecule has 1 aromatic carbocycles. The maximum atomic E-state index is 12.8.